The average molecular weight is 238 g/mol. The van der Waals surface area contributed by atoms with Gasteiger partial charge in [0.15, 0.2) is 0 Å². The SMILES string of the molecule is CNC1CCC(N2C(=O)C(C)C(C)C2=O)CC1. The maximum atomic E-state index is 12.1. The molecular weight excluding hydrogens is 216 g/mol. The van der Waals surface area contributed by atoms with Crippen LogP contribution in [-0.2, 0) is 9.59 Å². The van der Waals surface area contributed by atoms with Crippen molar-refractivity contribution < 1.29 is 9.59 Å². The van der Waals surface area contributed by atoms with Crippen molar-refractivity contribution in [3.05, 3.63) is 0 Å². The summed E-state index contributed by atoms with van der Waals surface area (Å²) in [6, 6.07) is 0.695. The fraction of sp³-hybridized carbons (Fsp3) is 0.846. The van der Waals surface area contributed by atoms with E-state index >= 15 is 0 Å². The summed E-state index contributed by atoms with van der Waals surface area (Å²) >= 11 is 0. The molecule has 2 aliphatic rings. The second-order valence-electron chi connectivity index (χ2n) is 5.42. The number of amides is 2. The molecule has 0 aromatic heterocycles. The van der Waals surface area contributed by atoms with Crippen molar-refractivity contribution in [3.63, 3.8) is 0 Å². The molecule has 2 rings (SSSR count). The summed E-state index contributed by atoms with van der Waals surface area (Å²) in [6.07, 6.45) is 4.01. The zero-order valence-corrected chi connectivity index (χ0v) is 10.9. The van der Waals surface area contributed by atoms with Crippen LogP contribution in [0.1, 0.15) is 39.5 Å². The van der Waals surface area contributed by atoms with Crippen LogP contribution in [0.2, 0.25) is 0 Å². The van der Waals surface area contributed by atoms with Crippen molar-refractivity contribution in [1.82, 2.24) is 10.2 Å². The number of nitrogens with zero attached hydrogens (tertiary/aromatic N) is 1. The van der Waals surface area contributed by atoms with Crippen molar-refractivity contribution in [2.45, 2.75) is 51.6 Å². The molecule has 1 saturated carbocycles. The maximum Gasteiger partial charge on any atom is 0.233 e. The van der Waals surface area contributed by atoms with E-state index < -0.39 is 0 Å². The molecule has 0 spiro atoms. The number of hydrogen-bond donors (Lipinski definition) is 1. The second kappa shape index (κ2) is 4.77. The highest BCUT2D eigenvalue weighted by Gasteiger charge is 2.45. The molecule has 96 valence electrons. The highest BCUT2D eigenvalue weighted by Crippen LogP contribution is 2.32. The standard InChI is InChI=1S/C13H22N2O2/c1-8-9(2)13(17)15(12(8)16)11-6-4-10(14-3)5-7-11/h8-11,14H,4-7H2,1-3H3. The molecule has 1 aliphatic carbocycles. The van der Waals surface area contributed by atoms with Gasteiger partial charge in [-0.2, -0.15) is 0 Å². The minimum atomic E-state index is -0.135. The molecule has 1 saturated heterocycles. The van der Waals surface area contributed by atoms with Crippen molar-refractivity contribution in [3.8, 4) is 0 Å². The van der Waals surface area contributed by atoms with Crippen molar-refractivity contribution in [1.29, 1.82) is 0 Å². The zero-order chi connectivity index (χ0) is 12.6. The monoisotopic (exact) mass is 238 g/mol. The van der Waals surface area contributed by atoms with E-state index in [0.29, 0.717) is 6.04 Å². The Balaban J connectivity index is 2.04. The fourth-order valence-corrected chi connectivity index (χ4v) is 2.96. The van der Waals surface area contributed by atoms with E-state index in [0.717, 1.165) is 25.7 Å². The summed E-state index contributed by atoms with van der Waals surface area (Å²) in [5.74, 6) is -0.195. The van der Waals surface area contributed by atoms with E-state index in [-0.39, 0.29) is 29.7 Å². The molecule has 2 amide bonds. The summed E-state index contributed by atoms with van der Waals surface area (Å²) in [7, 11) is 1.97. The van der Waals surface area contributed by atoms with Crippen LogP contribution in [0, 0.1) is 11.8 Å². The lowest BCUT2D eigenvalue weighted by Gasteiger charge is -2.33. The number of carbonyl (C=O) groups excluding carboxylic acids is 2. The molecule has 1 N–H and O–H groups in total. The Morgan fingerprint density at radius 3 is 1.88 bits per heavy atom. The third-order valence-corrected chi connectivity index (χ3v) is 4.47. The number of likely N-dealkylation sites (tertiary alicyclic amines) is 1. The van der Waals surface area contributed by atoms with Gasteiger partial charge in [-0.25, -0.2) is 0 Å². The van der Waals surface area contributed by atoms with Crippen LogP contribution in [0.3, 0.4) is 0 Å². The Kier molecular flexibility index (Phi) is 3.52. The Bertz CT molecular complexity index is 301. The van der Waals surface area contributed by atoms with Crippen LogP contribution in [0.5, 0.6) is 0 Å². The molecule has 0 radical (unpaired) electrons. The van der Waals surface area contributed by atoms with Crippen molar-refractivity contribution in [2.75, 3.05) is 7.05 Å². The highest BCUT2D eigenvalue weighted by atomic mass is 16.2. The summed E-state index contributed by atoms with van der Waals surface area (Å²) < 4.78 is 0. The van der Waals surface area contributed by atoms with Gasteiger partial charge in [0.25, 0.3) is 0 Å². The van der Waals surface area contributed by atoms with Gasteiger partial charge in [-0.3, -0.25) is 14.5 Å². The van der Waals surface area contributed by atoms with E-state index in [9.17, 15) is 9.59 Å². The molecule has 17 heavy (non-hydrogen) atoms. The van der Waals surface area contributed by atoms with Crippen LogP contribution in [0.4, 0.5) is 0 Å². The van der Waals surface area contributed by atoms with E-state index in [1.165, 1.54) is 0 Å². The van der Waals surface area contributed by atoms with E-state index in [2.05, 4.69) is 5.32 Å². The average Bonchev–Trinajstić information content (AvgIpc) is 2.54. The van der Waals surface area contributed by atoms with Gasteiger partial charge in [0.1, 0.15) is 0 Å². The number of nitrogens with one attached hydrogen (secondary N) is 1. The summed E-state index contributed by atoms with van der Waals surface area (Å²) in [5, 5.41) is 3.27. The van der Waals surface area contributed by atoms with Crippen LogP contribution in [0.25, 0.3) is 0 Å². The lowest BCUT2D eigenvalue weighted by Crippen LogP contribution is -2.45. The first-order valence-electron chi connectivity index (χ1n) is 6.60. The molecule has 0 bridgehead atoms. The summed E-state index contributed by atoms with van der Waals surface area (Å²) in [5.41, 5.74) is 0. The Morgan fingerprint density at radius 2 is 1.47 bits per heavy atom. The molecule has 2 fully saturated rings. The van der Waals surface area contributed by atoms with Gasteiger partial charge in [-0.1, -0.05) is 13.8 Å². The first kappa shape index (κ1) is 12.6. The number of rotatable bonds is 2. The first-order chi connectivity index (χ1) is 8.06. The van der Waals surface area contributed by atoms with Gasteiger partial charge in [-0.05, 0) is 32.7 Å². The van der Waals surface area contributed by atoms with Gasteiger partial charge in [-0.15, -0.1) is 0 Å². The van der Waals surface area contributed by atoms with Crippen molar-refractivity contribution in [2.24, 2.45) is 11.8 Å². The number of hydrogen-bond acceptors (Lipinski definition) is 3. The highest BCUT2D eigenvalue weighted by molar-refractivity contribution is 6.05. The molecule has 2 atom stereocenters. The molecular formula is C13H22N2O2. The van der Waals surface area contributed by atoms with Gasteiger partial charge < -0.3 is 5.32 Å². The molecule has 0 aromatic rings. The van der Waals surface area contributed by atoms with Gasteiger partial charge in [0.2, 0.25) is 11.8 Å². The topological polar surface area (TPSA) is 49.4 Å². The number of carbonyl (C=O) groups is 2. The van der Waals surface area contributed by atoms with Gasteiger partial charge in [0.05, 0.1) is 0 Å². The molecule has 1 aliphatic heterocycles. The lowest BCUT2D eigenvalue weighted by atomic mass is 9.90. The largest absolute Gasteiger partial charge is 0.317 e. The quantitative estimate of drug-likeness (QED) is 0.734. The molecule has 4 heteroatoms. The predicted octanol–water partition coefficient (Wildman–Crippen LogP) is 1.16. The van der Waals surface area contributed by atoms with Crippen LogP contribution >= 0.6 is 0 Å². The molecule has 1 heterocycles. The molecule has 0 aromatic carbocycles. The first-order valence-corrected chi connectivity index (χ1v) is 6.60. The Labute approximate surface area is 103 Å². The van der Waals surface area contributed by atoms with Crippen molar-refractivity contribution >= 4 is 11.8 Å². The molecule has 2 unspecified atom stereocenters. The summed E-state index contributed by atoms with van der Waals surface area (Å²) in [4.78, 5) is 25.7. The van der Waals surface area contributed by atoms with E-state index in [1.54, 1.807) is 4.90 Å². The second-order valence-corrected chi connectivity index (χ2v) is 5.42. The summed E-state index contributed by atoms with van der Waals surface area (Å²) in [6.45, 7) is 3.73. The number of imide groups is 1. The minimum absolute atomic E-state index is 0.0374. The Morgan fingerprint density at radius 1 is 1.00 bits per heavy atom. The maximum absolute atomic E-state index is 12.1. The minimum Gasteiger partial charge on any atom is -0.317 e. The smallest absolute Gasteiger partial charge is 0.233 e. The third kappa shape index (κ3) is 2.10. The lowest BCUT2D eigenvalue weighted by molar-refractivity contribution is -0.143. The third-order valence-electron chi connectivity index (χ3n) is 4.47. The van der Waals surface area contributed by atoms with Crippen LogP contribution in [-0.4, -0.2) is 35.8 Å². The van der Waals surface area contributed by atoms with E-state index in [4.69, 9.17) is 0 Å². The zero-order valence-electron chi connectivity index (χ0n) is 10.9. The van der Waals surface area contributed by atoms with Crippen LogP contribution < -0.4 is 5.32 Å². The van der Waals surface area contributed by atoms with Gasteiger partial charge in [0, 0.05) is 23.9 Å². The van der Waals surface area contributed by atoms with E-state index in [1.807, 2.05) is 20.9 Å². The molecule has 4 nitrogen and oxygen atoms in total. The predicted molar refractivity (Wildman–Crippen MR) is 65.3 cm³/mol. The fourth-order valence-electron chi connectivity index (χ4n) is 2.96. The van der Waals surface area contributed by atoms with Gasteiger partial charge >= 0.3 is 0 Å². The van der Waals surface area contributed by atoms with Crippen LogP contribution in [0.15, 0.2) is 0 Å². The Hall–Kier alpha value is -0.900. The normalized spacial score (nSPS) is 38.9.